The second kappa shape index (κ2) is 6.18. The number of aryl methyl sites for hydroxylation is 1. The van der Waals surface area contributed by atoms with Crippen molar-refractivity contribution >= 4 is 17.9 Å². The fourth-order valence-electron chi connectivity index (χ4n) is 3.47. The SMILES string of the molecule is Cc1cc(F)ccc1SN1C2CCC1CN(C(=O)c1cn[nH]n1)C2. The molecule has 2 aliphatic rings. The summed E-state index contributed by atoms with van der Waals surface area (Å²) in [5, 5.41) is 10.1. The van der Waals surface area contributed by atoms with Crippen molar-refractivity contribution in [3.63, 3.8) is 0 Å². The molecule has 2 saturated heterocycles. The third-order valence-electron chi connectivity index (χ3n) is 4.68. The van der Waals surface area contributed by atoms with Crippen LogP contribution in [0.3, 0.4) is 0 Å². The van der Waals surface area contributed by atoms with Crippen LogP contribution in [0.5, 0.6) is 0 Å². The van der Waals surface area contributed by atoms with Crippen molar-refractivity contribution in [2.75, 3.05) is 13.1 Å². The third kappa shape index (κ3) is 2.80. The molecule has 24 heavy (non-hydrogen) atoms. The van der Waals surface area contributed by atoms with Crippen molar-refractivity contribution in [3.8, 4) is 0 Å². The Hall–Kier alpha value is -1.93. The molecule has 2 aliphatic heterocycles. The van der Waals surface area contributed by atoms with Gasteiger partial charge in [0.25, 0.3) is 5.91 Å². The van der Waals surface area contributed by atoms with E-state index in [0.717, 1.165) is 23.3 Å². The molecule has 2 aromatic rings. The molecular formula is C16H18FN5OS. The summed E-state index contributed by atoms with van der Waals surface area (Å²) in [6, 6.07) is 5.53. The summed E-state index contributed by atoms with van der Waals surface area (Å²) in [5.41, 5.74) is 1.31. The first kappa shape index (κ1) is 15.6. The zero-order valence-corrected chi connectivity index (χ0v) is 14.1. The average Bonchev–Trinajstić information content (AvgIpc) is 3.16. The van der Waals surface area contributed by atoms with Crippen LogP contribution in [-0.4, -0.2) is 55.7 Å². The number of nitrogens with zero attached hydrogens (tertiary/aromatic N) is 4. The van der Waals surface area contributed by atoms with Crippen LogP contribution in [0.25, 0.3) is 0 Å². The third-order valence-corrected chi connectivity index (χ3v) is 6.14. The molecule has 6 nitrogen and oxygen atoms in total. The number of benzene rings is 1. The van der Waals surface area contributed by atoms with Gasteiger partial charge in [-0.25, -0.2) is 8.70 Å². The number of aromatic amines is 1. The molecule has 3 heterocycles. The number of nitrogens with one attached hydrogen (secondary N) is 1. The molecule has 0 aliphatic carbocycles. The fraction of sp³-hybridized carbons (Fsp3) is 0.438. The maximum absolute atomic E-state index is 13.3. The van der Waals surface area contributed by atoms with E-state index in [1.807, 2.05) is 17.9 Å². The number of carbonyl (C=O) groups excluding carboxylic acids is 1. The van der Waals surface area contributed by atoms with Crippen molar-refractivity contribution in [1.82, 2.24) is 24.6 Å². The summed E-state index contributed by atoms with van der Waals surface area (Å²) in [6.45, 7) is 3.31. The van der Waals surface area contributed by atoms with Gasteiger partial charge in [0.2, 0.25) is 0 Å². The van der Waals surface area contributed by atoms with Crippen LogP contribution in [0.15, 0.2) is 29.3 Å². The largest absolute Gasteiger partial charge is 0.334 e. The lowest BCUT2D eigenvalue weighted by atomic mass is 10.2. The van der Waals surface area contributed by atoms with Crippen LogP contribution in [0, 0.1) is 12.7 Å². The van der Waals surface area contributed by atoms with E-state index in [-0.39, 0.29) is 11.7 Å². The van der Waals surface area contributed by atoms with Gasteiger partial charge in [0, 0.05) is 30.1 Å². The molecule has 0 saturated carbocycles. The number of rotatable bonds is 3. The molecule has 0 spiro atoms. The van der Waals surface area contributed by atoms with Gasteiger partial charge in [0.15, 0.2) is 5.69 Å². The number of hydrogen-bond donors (Lipinski definition) is 1. The zero-order chi connectivity index (χ0) is 16.7. The van der Waals surface area contributed by atoms with E-state index in [2.05, 4.69) is 19.7 Å². The molecule has 8 heteroatoms. The van der Waals surface area contributed by atoms with E-state index in [1.54, 1.807) is 18.0 Å². The highest BCUT2D eigenvalue weighted by Crippen LogP contribution is 2.40. The summed E-state index contributed by atoms with van der Waals surface area (Å²) in [6.07, 6.45) is 3.61. The molecule has 2 atom stereocenters. The lowest BCUT2D eigenvalue weighted by molar-refractivity contribution is 0.0622. The standard InChI is InChI=1S/C16H18FN5OS/c1-10-6-11(17)2-5-15(10)24-22-12-3-4-13(22)9-21(8-12)16(23)14-7-18-20-19-14/h2,5-7,12-13H,3-4,8-9H2,1H3,(H,18,19,20). The summed E-state index contributed by atoms with van der Waals surface area (Å²) in [7, 11) is 0. The number of halogens is 1. The van der Waals surface area contributed by atoms with Crippen molar-refractivity contribution in [2.24, 2.45) is 0 Å². The Labute approximate surface area is 143 Å². The highest BCUT2D eigenvalue weighted by Gasteiger charge is 2.42. The summed E-state index contributed by atoms with van der Waals surface area (Å²) < 4.78 is 15.7. The first-order chi connectivity index (χ1) is 11.6. The number of aromatic nitrogens is 3. The molecule has 2 bridgehead atoms. The lowest BCUT2D eigenvalue weighted by Gasteiger charge is -2.40. The maximum Gasteiger partial charge on any atom is 0.276 e. The number of carbonyl (C=O) groups is 1. The molecule has 4 rings (SSSR count). The monoisotopic (exact) mass is 347 g/mol. The van der Waals surface area contributed by atoms with Crippen LogP contribution >= 0.6 is 11.9 Å². The van der Waals surface area contributed by atoms with Crippen molar-refractivity contribution < 1.29 is 9.18 Å². The van der Waals surface area contributed by atoms with E-state index in [0.29, 0.717) is 30.9 Å². The zero-order valence-electron chi connectivity index (χ0n) is 13.3. The lowest BCUT2D eigenvalue weighted by Crippen LogP contribution is -2.52. The van der Waals surface area contributed by atoms with Crippen LogP contribution in [0.4, 0.5) is 4.39 Å². The van der Waals surface area contributed by atoms with Crippen molar-refractivity contribution in [2.45, 2.75) is 36.7 Å². The predicted molar refractivity (Wildman–Crippen MR) is 87.9 cm³/mol. The Bertz CT molecular complexity index is 739. The quantitative estimate of drug-likeness (QED) is 0.863. The Morgan fingerprint density at radius 2 is 2.08 bits per heavy atom. The minimum atomic E-state index is -0.206. The fourth-order valence-corrected chi connectivity index (χ4v) is 4.68. The van der Waals surface area contributed by atoms with E-state index >= 15 is 0 Å². The molecule has 126 valence electrons. The minimum absolute atomic E-state index is 0.0664. The van der Waals surface area contributed by atoms with Gasteiger partial charge in [0.1, 0.15) is 5.82 Å². The number of likely N-dealkylation sites (tertiary alicyclic amines) is 1. The number of hydrogen-bond acceptors (Lipinski definition) is 5. The molecule has 0 radical (unpaired) electrons. The number of fused-ring (bicyclic) bond motifs is 2. The topological polar surface area (TPSA) is 65.1 Å². The molecule has 1 N–H and O–H groups in total. The average molecular weight is 347 g/mol. The number of amides is 1. The molecule has 1 amide bonds. The van der Waals surface area contributed by atoms with Gasteiger partial charge in [-0.1, -0.05) is 0 Å². The van der Waals surface area contributed by atoms with Gasteiger partial charge in [-0.15, -0.1) is 0 Å². The molecular weight excluding hydrogens is 329 g/mol. The first-order valence-electron chi connectivity index (χ1n) is 7.99. The Kier molecular flexibility index (Phi) is 4.01. The Balaban J connectivity index is 1.48. The summed E-state index contributed by atoms with van der Waals surface area (Å²) in [5.74, 6) is -0.272. The van der Waals surface area contributed by atoms with Crippen LogP contribution in [0.1, 0.15) is 28.9 Å². The molecule has 2 unspecified atom stereocenters. The minimum Gasteiger partial charge on any atom is -0.334 e. The van der Waals surface area contributed by atoms with E-state index < -0.39 is 0 Å². The summed E-state index contributed by atoms with van der Waals surface area (Å²) >= 11 is 1.68. The first-order valence-corrected chi connectivity index (χ1v) is 8.76. The Morgan fingerprint density at radius 3 is 2.71 bits per heavy atom. The highest BCUT2D eigenvalue weighted by molar-refractivity contribution is 7.97. The smallest absolute Gasteiger partial charge is 0.276 e. The van der Waals surface area contributed by atoms with Crippen LogP contribution < -0.4 is 0 Å². The highest BCUT2D eigenvalue weighted by atomic mass is 32.2. The van der Waals surface area contributed by atoms with Gasteiger partial charge in [-0.05, 0) is 55.5 Å². The maximum atomic E-state index is 13.3. The number of piperazine rings is 1. The Morgan fingerprint density at radius 1 is 1.33 bits per heavy atom. The molecule has 2 fully saturated rings. The van der Waals surface area contributed by atoms with Gasteiger partial charge in [-0.3, -0.25) is 4.79 Å². The number of H-pyrrole nitrogens is 1. The van der Waals surface area contributed by atoms with Gasteiger partial charge < -0.3 is 4.90 Å². The van der Waals surface area contributed by atoms with Gasteiger partial charge >= 0.3 is 0 Å². The van der Waals surface area contributed by atoms with Crippen LogP contribution in [0.2, 0.25) is 0 Å². The second-order valence-corrected chi connectivity index (χ2v) is 7.36. The van der Waals surface area contributed by atoms with Gasteiger partial charge in [0.05, 0.1) is 6.20 Å². The van der Waals surface area contributed by atoms with Crippen molar-refractivity contribution in [1.29, 1.82) is 0 Å². The predicted octanol–water partition coefficient (Wildman–Crippen LogP) is 2.25. The second-order valence-electron chi connectivity index (χ2n) is 6.31. The summed E-state index contributed by atoms with van der Waals surface area (Å²) in [4.78, 5) is 15.4. The molecule has 1 aromatic carbocycles. The normalized spacial score (nSPS) is 23.7. The van der Waals surface area contributed by atoms with E-state index in [1.165, 1.54) is 12.3 Å². The van der Waals surface area contributed by atoms with Gasteiger partial charge in [-0.2, -0.15) is 15.4 Å². The van der Waals surface area contributed by atoms with E-state index in [9.17, 15) is 9.18 Å². The van der Waals surface area contributed by atoms with E-state index in [4.69, 9.17) is 0 Å². The molecule has 1 aromatic heterocycles. The van der Waals surface area contributed by atoms with Crippen LogP contribution in [-0.2, 0) is 0 Å². The van der Waals surface area contributed by atoms with Crippen molar-refractivity contribution in [3.05, 3.63) is 41.5 Å².